The van der Waals surface area contributed by atoms with Crippen molar-refractivity contribution in [2.24, 2.45) is 0 Å². The number of halogens is 3. The van der Waals surface area contributed by atoms with E-state index in [0.29, 0.717) is 31.9 Å². The van der Waals surface area contributed by atoms with Crippen LogP contribution in [0.1, 0.15) is 13.3 Å². The van der Waals surface area contributed by atoms with Gasteiger partial charge < -0.3 is 20.1 Å². The molecule has 0 saturated heterocycles. The van der Waals surface area contributed by atoms with E-state index in [2.05, 4.69) is 15.4 Å². The van der Waals surface area contributed by atoms with Gasteiger partial charge in [0.15, 0.2) is 0 Å². The molecule has 0 radical (unpaired) electrons. The predicted molar refractivity (Wildman–Crippen MR) is 71.3 cm³/mol. The SMILES string of the molecule is CCOCCCNC(=O)Nc1ccc(OC(F)(F)F)cc1. The van der Waals surface area contributed by atoms with Gasteiger partial charge in [-0.15, -0.1) is 13.2 Å². The quantitative estimate of drug-likeness (QED) is 0.761. The molecule has 21 heavy (non-hydrogen) atoms. The normalized spacial score (nSPS) is 11.0. The summed E-state index contributed by atoms with van der Waals surface area (Å²) in [5.74, 6) is -0.342. The smallest absolute Gasteiger partial charge is 0.406 e. The van der Waals surface area contributed by atoms with E-state index in [1.54, 1.807) is 0 Å². The van der Waals surface area contributed by atoms with Crippen LogP contribution in [0.25, 0.3) is 0 Å². The van der Waals surface area contributed by atoms with Crippen molar-refractivity contribution in [3.63, 3.8) is 0 Å². The van der Waals surface area contributed by atoms with E-state index < -0.39 is 12.4 Å². The second-order valence-corrected chi connectivity index (χ2v) is 4.00. The molecular formula is C13H17F3N2O3. The fourth-order valence-electron chi connectivity index (χ4n) is 1.44. The maximum atomic E-state index is 12.0. The number of hydrogen-bond donors (Lipinski definition) is 2. The fraction of sp³-hybridized carbons (Fsp3) is 0.462. The summed E-state index contributed by atoms with van der Waals surface area (Å²) < 4.78 is 44.7. The molecule has 0 heterocycles. The molecule has 1 aromatic carbocycles. The number of nitrogens with one attached hydrogen (secondary N) is 2. The van der Waals surface area contributed by atoms with Crippen molar-refractivity contribution in [3.8, 4) is 5.75 Å². The predicted octanol–water partition coefficient (Wildman–Crippen LogP) is 3.13. The van der Waals surface area contributed by atoms with Crippen LogP contribution in [0.2, 0.25) is 0 Å². The van der Waals surface area contributed by atoms with Gasteiger partial charge in [-0.2, -0.15) is 0 Å². The summed E-state index contributed by atoms with van der Waals surface area (Å²) in [4.78, 5) is 11.5. The van der Waals surface area contributed by atoms with Crippen LogP contribution in [0.3, 0.4) is 0 Å². The molecule has 2 N–H and O–H groups in total. The monoisotopic (exact) mass is 306 g/mol. The highest BCUT2D eigenvalue weighted by molar-refractivity contribution is 5.89. The summed E-state index contributed by atoms with van der Waals surface area (Å²) in [6.45, 7) is 3.51. The van der Waals surface area contributed by atoms with E-state index in [-0.39, 0.29) is 5.75 Å². The number of anilines is 1. The van der Waals surface area contributed by atoms with Gasteiger partial charge in [0.1, 0.15) is 5.75 Å². The van der Waals surface area contributed by atoms with Crippen molar-refractivity contribution >= 4 is 11.7 Å². The van der Waals surface area contributed by atoms with E-state index in [1.807, 2.05) is 6.92 Å². The van der Waals surface area contributed by atoms with Crippen molar-refractivity contribution < 1.29 is 27.4 Å². The number of urea groups is 1. The summed E-state index contributed by atoms with van der Waals surface area (Å²) in [6, 6.07) is 4.45. The van der Waals surface area contributed by atoms with Crippen LogP contribution in [0.15, 0.2) is 24.3 Å². The zero-order valence-corrected chi connectivity index (χ0v) is 11.5. The van der Waals surface area contributed by atoms with Gasteiger partial charge in [0.2, 0.25) is 0 Å². The molecule has 0 saturated carbocycles. The molecule has 8 heteroatoms. The minimum absolute atomic E-state index is 0.342. The van der Waals surface area contributed by atoms with Crippen LogP contribution in [-0.2, 0) is 4.74 Å². The molecule has 0 aliphatic heterocycles. The average molecular weight is 306 g/mol. The van der Waals surface area contributed by atoms with Gasteiger partial charge in [0.05, 0.1) is 0 Å². The van der Waals surface area contributed by atoms with Gasteiger partial charge in [0.25, 0.3) is 0 Å². The van der Waals surface area contributed by atoms with E-state index in [0.717, 1.165) is 12.1 Å². The molecule has 5 nitrogen and oxygen atoms in total. The number of hydrogen-bond acceptors (Lipinski definition) is 3. The van der Waals surface area contributed by atoms with E-state index in [9.17, 15) is 18.0 Å². The Bertz CT molecular complexity index is 435. The molecule has 0 bridgehead atoms. The van der Waals surface area contributed by atoms with Crippen molar-refractivity contribution in [2.45, 2.75) is 19.7 Å². The maximum Gasteiger partial charge on any atom is 0.573 e. The first kappa shape index (κ1) is 17.1. The Morgan fingerprint density at radius 2 is 1.90 bits per heavy atom. The third kappa shape index (κ3) is 8.03. The van der Waals surface area contributed by atoms with E-state index in [4.69, 9.17) is 4.74 Å². The van der Waals surface area contributed by atoms with Crippen molar-refractivity contribution in [1.82, 2.24) is 5.32 Å². The standard InChI is InChI=1S/C13H17F3N2O3/c1-2-20-9-3-8-17-12(19)18-10-4-6-11(7-5-10)21-13(14,15)16/h4-7H,2-3,8-9H2,1H3,(H2,17,18,19). The maximum absolute atomic E-state index is 12.0. The number of amides is 2. The minimum atomic E-state index is -4.73. The van der Waals surface area contributed by atoms with Crippen LogP contribution in [0.5, 0.6) is 5.75 Å². The molecule has 0 atom stereocenters. The molecular weight excluding hydrogens is 289 g/mol. The summed E-state index contributed by atoms with van der Waals surface area (Å²) >= 11 is 0. The molecule has 2 amide bonds. The highest BCUT2D eigenvalue weighted by atomic mass is 19.4. The Morgan fingerprint density at radius 1 is 1.24 bits per heavy atom. The third-order valence-corrected chi connectivity index (χ3v) is 2.30. The second-order valence-electron chi connectivity index (χ2n) is 4.00. The summed E-state index contributed by atoms with van der Waals surface area (Å²) in [5.41, 5.74) is 0.367. The Kier molecular flexibility index (Phi) is 6.80. The molecule has 0 fully saturated rings. The molecule has 0 aromatic heterocycles. The van der Waals surface area contributed by atoms with Crippen molar-refractivity contribution in [1.29, 1.82) is 0 Å². The molecule has 0 spiro atoms. The largest absolute Gasteiger partial charge is 0.573 e. The Morgan fingerprint density at radius 3 is 2.48 bits per heavy atom. The third-order valence-electron chi connectivity index (χ3n) is 2.30. The van der Waals surface area contributed by atoms with Crippen LogP contribution in [-0.4, -0.2) is 32.2 Å². The zero-order valence-electron chi connectivity index (χ0n) is 11.5. The Labute approximate surface area is 120 Å². The van der Waals surface area contributed by atoms with Gasteiger partial charge >= 0.3 is 12.4 Å². The lowest BCUT2D eigenvalue weighted by atomic mass is 10.3. The first-order valence-corrected chi connectivity index (χ1v) is 6.39. The highest BCUT2D eigenvalue weighted by Gasteiger charge is 2.30. The molecule has 0 aliphatic rings. The molecule has 1 rings (SSSR count). The second kappa shape index (κ2) is 8.35. The summed E-state index contributed by atoms with van der Waals surface area (Å²) in [5, 5.41) is 5.10. The van der Waals surface area contributed by atoms with Crippen molar-refractivity contribution in [2.75, 3.05) is 25.1 Å². The minimum Gasteiger partial charge on any atom is -0.406 e. The number of carbonyl (C=O) groups excluding carboxylic acids is 1. The zero-order chi connectivity index (χ0) is 15.7. The van der Waals surface area contributed by atoms with E-state index in [1.165, 1.54) is 12.1 Å². The number of alkyl halides is 3. The lowest BCUT2D eigenvalue weighted by Crippen LogP contribution is -2.30. The molecule has 0 unspecified atom stereocenters. The first-order valence-electron chi connectivity index (χ1n) is 6.39. The lowest BCUT2D eigenvalue weighted by Gasteiger charge is -2.10. The highest BCUT2D eigenvalue weighted by Crippen LogP contribution is 2.23. The molecule has 0 aliphatic carbocycles. The fourth-order valence-corrected chi connectivity index (χ4v) is 1.44. The number of carbonyl (C=O) groups is 1. The number of rotatable bonds is 7. The van der Waals surface area contributed by atoms with Crippen LogP contribution >= 0.6 is 0 Å². The topological polar surface area (TPSA) is 59.6 Å². The molecule has 118 valence electrons. The van der Waals surface area contributed by atoms with Gasteiger partial charge in [-0.1, -0.05) is 0 Å². The summed E-state index contributed by atoms with van der Waals surface area (Å²) in [7, 11) is 0. The van der Waals surface area contributed by atoms with Crippen LogP contribution in [0.4, 0.5) is 23.7 Å². The van der Waals surface area contributed by atoms with Crippen LogP contribution < -0.4 is 15.4 Å². The van der Waals surface area contributed by atoms with Gasteiger partial charge in [0, 0.05) is 25.4 Å². The number of ether oxygens (including phenoxy) is 2. The summed E-state index contributed by atoms with van der Waals surface area (Å²) in [6.07, 6.45) is -4.05. The van der Waals surface area contributed by atoms with Crippen LogP contribution in [0, 0.1) is 0 Å². The van der Waals surface area contributed by atoms with Gasteiger partial charge in [-0.25, -0.2) is 4.79 Å². The van der Waals surface area contributed by atoms with Crippen molar-refractivity contribution in [3.05, 3.63) is 24.3 Å². The Hall–Kier alpha value is -1.96. The van der Waals surface area contributed by atoms with E-state index >= 15 is 0 Å². The first-order chi connectivity index (χ1) is 9.90. The Balaban J connectivity index is 2.33. The van der Waals surface area contributed by atoms with Gasteiger partial charge in [-0.05, 0) is 37.6 Å². The number of benzene rings is 1. The molecule has 1 aromatic rings. The average Bonchev–Trinajstić information content (AvgIpc) is 2.39. The van der Waals surface area contributed by atoms with Gasteiger partial charge in [-0.3, -0.25) is 0 Å². The lowest BCUT2D eigenvalue weighted by molar-refractivity contribution is -0.274.